The minimum absolute atomic E-state index is 0.845. The SMILES string of the molecule is CCCCCCCCN(CCCCCCCC)[C@H](CC)CCCCCCC. The molecule has 0 aromatic rings. The third-order valence-electron chi connectivity index (χ3n) is 6.23. The number of nitrogens with zero attached hydrogens (tertiary/aromatic N) is 1. The molecule has 0 saturated carbocycles. The summed E-state index contributed by atoms with van der Waals surface area (Å²) in [6.45, 7) is 12.1. The lowest BCUT2D eigenvalue weighted by Crippen LogP contribution is -2.36. The zero-order valence-electron chi connectivity index (χ0n) is 19.9. The second kappa shape index (κ2) is 22.3. The van der Waals surface area contributed by atoms with Gasteiger partial charge in [-0.05, 0) is 38.8 Å². The van der Waals surface area contributed by atoms with Crippen molar-refractivity contribution in [3.8, 4) is 0 Å². The van der Waals surface area contributed by atoms with Gasteiger partial charge in [-0.3, -0.25) is 0 Å². The van der Waals surface area contributed by atoms with E-state index in [-0.39, 0.29) is 0 Å². The highest BCUT2D eigenvalue weighted by atomic mass is 15.1. The van der Waals surface area contributed by atoms with Crippen molar-refractivity contribution < 1.29 is 0 Å². The molecule has 0 spiro atoms. The van der Waals surface area contributed by atoms with E-state index in [1.54, 1.807) is 0 Å². The van der Waals surface area contributed by atoms with E-state index in [0.29, 0.717) is 0 Å². The highest BCUT2D eigenvalue weighted by Crippen LogP contribution is 2.18. The van der Waals surface area contributed by atoms with E-state index in [4.69, 9.17) is 0 Å². The van der Waals surface area contributed by atoms with Gasteiger partial charge < -0.3 is 4.90 Å². The fourth-order valence-corrected chi connectivity index (χ4v) is 4.30. The second-order valence-electron chi connectivity index (χ2n) is 8.84. The number of hydrogen-bond donors (Lipinski definition) is 0. The van der Waals surface area contributed by atoms with Gasteiger partial charge in [0.2, 0.25) is 0 Å². The molecular formula is C26H55N. The van der Waals surface area contributed by atoms with Crippen molar-refractivity contribution in [1.82, 2.24) is 4.90 Å². The summed E-state index contributed by atoms with van der Waals surface area (Å²) >= 11 is 0. The quantitative estimate of drug-likeness (QED) is 0.169. The monoisotopic (exact) mass is 381 g/mol. The summed E-state index contributed by atoms with van der Waals surface area (Å²) in [5.41, 5.74) is 0. The molecule has 1 nitrogen and oxygen atoms in total. The molecule has 0 radical (unpaired) electrons. The molecule has 0 rings (SSSR count). The summed E-state index contributed by atoms with van der Waals surface area (Å²) in [5.74, 6) is 0. The van der Waals surface area contributed by atoms with E-state index < -0.39 is 0 Å². The molecule has 27 heavy (non-hydrogen) atoms. The average molecular weight is 382 g/mol. The Kier molecular flexibility index (Phi) is 22.2. The first-order valence-electron chi connectivity index (χ1n) is 13.0. The van der Waals surface area contributed by atoms with Crippen LogP contribution in [0.25, 0.3) is 0 Å². The van der Waals surface area contributed by atoms with Gasteiger partial charge in [0.15, 0.2) is 0 Å². The van der Waals surface area contributed by atoms with Crippen LogP contribution in [0, 0.1) is 0 Å². The fourth-order valence-electron chi connectivity index (χ4n) is 4.30. The molecule has 0 bridgehead atoms. The minimum atomic E-state index is 0.845. The van der Waals surface area contributed by atoms with Crippen LogP contribution in [0.15, 0.2) is 0 Å². The molecule has 0 aliphatic carbocycles. The van der Waals surface area contributed by atoms with E-state index in [1.807, 2.05) is 0 Å². The third-order valence-corrected chi connectivity index (χ3v) is 6.23. The number of unbranched alkanes of at least 4 members (excludes halogenated alkanes) is 14. The Balaban J connectivity index is 4.18. The lowest BCUT2D eigenvalue weighted by Gasteiger charge is -2.31. The predicted octanol–water partition coefficient (Wildman–Crippen LogP) is 9.15. The number of rotatable bonds is 22. The molecule has 0 saturated heterocycles. The molecule has 0 aromatic heterocycles. The Hall–Kier alpha value is -0.0400. The normalized spacial score (nSPS) is 12.8. The molecule has 0 aliphatic rings. The molecule has 164 valence electrons. The van der Waals surface area contributed by atoms with Crippen molar-refractivity contribution in [1.29, 1.82) is 0 Å². The van der Waals surface area contributed by atoms with Crippen LogP contribution >= 0.6 is 0 Å². The summed E-state index contributed by atoms with van der Waals surface area (Å²) in [6.07, 6.45) is 27.0. The van der Waals surface area contributed by atoms with Gasteiger partial charge in [0, 0.05) is 6.04 Å². The lowest BCUT2D eigenvalue weighted by molar-refractivity contribution is 0.170. The zero-order valence-corrected chi connectivity index (χ0v) is 19.9. The summed E-state index contributed by atoms with van der Waals surface area (Å²) in [7, 11) is 0. The van der Waals surface area contributed by atoms with Crippen molar-refractivity contribution in [2.45, 2.75) is 156 Å². The van der Waals surface area contributed by atoms with Crippen LogP contribution in [0.3, 0.4) is 0 Å². The molecule has 0 amide bonds. The number of hydrogen-bond acceptors (Lipinski definition) is 1. The smallest absolute Gasteiger partial charge is 0.00926 e. The van der Waals surface area contributed by atoms with Gasteiger partial charge in [0.05, 0.1) is 0 Å². The zero-order chi connectivity index (χ0) is 20.0. The molecule has 0 heterocycles. The Morgan fingerprint density at radius 1 is 0.444 bits per heavy atom. The summed E-state index contributed by atoms with van der Waals surface area (Å²) < 4.78 is 0. The first kappa shape index (κ1) is 27.0. The largest absolute Gasteiger partial charge is 0.300 e. The maximum absolute atomic E-state index is 2.89. The van der Waals surface area contributed by atoms with Crippen molar-refractivity contribution >= 4 is 0 Å². The summed E-state index contributed by atoms with van der Waals surface area (Å²) in [6, 6.07) is 0.845. The molecule has 0 fully saturated rings. The van der Waals surface area contributed by atoms with E-state index in [9.17, 15) is 0 Å². The van der Waals surface area contributed by atoms with E-state index in [2.05, 4.69) is 32.6 Å². The molecular weight excluding hydrogens is 326 g/mol. The van der Waals surface area contributed by atoms with E-state index >= 15 is 0 Å². The third kappa shape index (κ3) is 17.8. The first-order valence-corrected chi connectivity index (χ1v) is 13.0. The summed E-state index contributed by atoms with van der Waals surface area (Å²) in [5, 5.41) is 0. The average Bonchev–Trinajstić information content (AvgIpc) is 2.68. The molecule has 0 N–H and O–H groups in total. The van der Waals surface area contributed by atoms with Gasteiger partial charge in [-0.25, -0.2) is 0 Å². The van der Waals surface area contributed by atoms with Crippen LogP contribution in [-0.2, 0) is 0 Å². The van der Waals surface area contributed by atoms with E-state index in [1.165, 1.54) is 135 Å². The van der Waals surface area contributed by atoms with Crippen molar-refractivity contribution in [3.63, 3.8) is 0 Å². The van der Waals surface area contributed by atoms with Gasteiger partial charge in [0.25, 0.3) is 0 Å². The molecule has 1 heteroatoms. The van der Waals surface area contributed by atoms with Crippen LogP contribution in [0.5, 0.6) is 0 Å². The minimum Gasteiger partial charge on any atom is -0.300 e. The van der Waals surface area contributed by atoms with Crippen LogP contribution in [0.1, 0.15) is 150 Å². The molecule has 0 aliphatic heterocycles. The van der Waals surface area contributed by atoms with Crippen molar-refractivity contribution in [3.05, 3.63) is 0 Å². The topological polar surface area (TPSA) is 3.24 Å². The highest BCUT2D eigenvalue weighted by Gasteiger charge is 2.15. The van der Waals surface area contributed by atoms with Crippen LogP contribution in [0.4, 0.5) is 0 Å². The summed E-state index contributed by atoms with van der Waals surface area (Å²) in [4.78, 5) is 2.89. The maximum Gasteiger partial charge on any atom is 0.00926 e. The van der Waals surface area contributed by atoms with Gasteiger partial charge >= 0.3 is 0 Å². The fraction of sp³-hybridized carbons (Fsp3) is 1.00. The lowest BCUT2D eigenvalue weighted by atomic mass is 10.0. The first-order chi connectivity index (χ1) is 13.3. The van der Waals surface area contributed by atoms with Crippen molar-refractivity contribution in [2.75, 3.05) is 13.1 Å². The maximum atomic E-state index is 2.89. The molecule has 1 atom stereocenters. The van der Waals surface area contributed by atoms with Gasteiger partial charge in [-0.15, -0.1) is 0 Å². The van der Waals surface area contributed by atoms with Gasteiger partial charge in [-0.2, -0.15) is 0 Å². The Bertz CT molecular complexity index is 247. The Labute approximate surface area is 174 Å². The van der Waals surface area contributed by atoms with Gasteiger partial charge in [0.1, 0.15) is 0 Å². The molecule has 0 aromatic carbocycles. The standard InChI is InChI=1S/C26H55N/c1-5-9-12-15-18-21-24-27(25-22-19-16-13-10-6-2)26(8-4)23-20-17-14-11-7-3/h26H,5-25H2,1-4H3/t26-/m1/s1. The predicted molar refractivity (Wildman–Crippen MR) is 126 cm³/mol. The van der Waals surface area contributed by atoms with Crippen LogP contribution < -0.4 is 0 Å². The Morgan fingerprint density at radius 3 is 1.22 bits per heavy atom. The molecule has 0 unspecified atom stereocenters. The van der Waals surface area contributed by atoms with Crippen molar-refractivity contribution in [2.24, 2.45) is 0 Å². The highest BCUT2D eigenvalue weighted by molar-refractivity contribution is 4.71. The van der Waals surface area contributed by atoms with Crippen LogP contribution in [0.2, 0.25) is 0 Å². The van der Waals surface area contributed by atoms with E-state index in [0.717, 1.165) is 6.04 Å². The Morgan fingerprint density at radius 2 is 0.815 bits per heavy atom. The second-order valence-corrected chi connectivity index (χ2v) is 8.84. The van der Waals surface area contributed by atoms with Crippen LogP contribution in [-0.4, -0.2) is 24.0 Å². The van der Waals surface area contributed by atoms with Gasteiger partial charge in [-0.1, -0.05) is 124 Å².